The highest BCUT2D eigenvalue weighted by atomic mass is 19.4. The molecule has 3 nitrogen and oxygen atoms in total. The van der Waals surface area contributed by atoms with Crippen LogP contribution in [-0.2, 0) is 0 Å². The maximum absolute atomic E-state index is 11.8. The maximum Gasteiger partial charge on any atom is 0.418 e. The van der Waals surface area contributed by atoms with Crippen LogP contribution in [0.5, 0.6) is 0 Å². The van der Waals surface area contributed by atoms with E-state index in [4.69, 9.17) is 0 Å². The molecule has 60 valence electrons. The fraction of sp³-hybridized carbons (Fsp3) is 1.00. The van der Waals surface area contributed by atoms with Crippen molar-refractivity contribution in [3.8, 4) is 0 Å². The molecule has 0 radical (unpaired) electrons. The summed E-state index contributed by atoms with van der Waals surface area (Å²) in [7, 11) is 0. The summed E-state index contributed by atoms with van der Waals surface area (Å²) in [6, 6.07) is 0. The van der Waals surface area contributed by atoms with Gasteiger partial charge in [0.1, 0.15) is 0 Å². The number of hydrogen-bond acceptors (Lipinski definition) is 3. The Labute approximate surface area is 55.9 Å². The van der Waals surface area contributed by atoms with E-state index in [9.17, 15) is 13.2 Å². The average Bonchev–Trinajstić information content (AvgIpc) is 2.11. The first-order valence-electron chi connectivity index (χ1n) is 2.84. The van der Waals surface area contributed by atoms with Gasteiger partial charge in [-0.2, -0.15) is 13.2 Å². The number of nitrogens with one attached hydrogen (secondary N) is 3. The molecule has 3 N–H and O–H groups in total. The van der Waals surface area contributed by atoms with E-state index in [0.717, 1.165) is 0 Å². The minimum absolute atomic E-state index is 0.341. The lowest BCUT2D eigenvalue weighted by Gasteiger charge is -2.13. The van der Waals surface area contributed by atoms with Gasteiger partial charge in [-0.1, -0.05) is 0 Å². The second-order valence-corrected chi connectivity index (χ2v) is 2.15. The summed E-state index contributed by atoms with van der Waals surface area (Å²) < 4.78 is 35.3. The predicted molar refractivity (Wildman–Crippen MR) is 28.7 cm³/mol. The molecular formula is C4H8F3N3. The Bertz CT molecular complexity index is 123. The lowest BCUT2D eigenvalue weighted by molar-refractivity contribution is -0.158. The van der Waals surface area contributed by atoms with Crippen LogP contribution >= 0.6 is 0 Å². The molecule has 0 aromatic carbocycles. The molecule has 2 unspecified atom stereocenters. The smallest absolute Gasteiger partial charge is 0.277 e. The third kappa shape index (κ3) is 1.59. The summed E-state index contributed by atoms with van der Waals surface area (Å²) in [5.41, 5.74) is 4.46. The molecule has 1 aliphatic heterocycles. The highest BCUT2D eigenvalue weighted by Crippen LogP contribution is 2.19. The van der Waals surface area contributed by atoms with Crippen LogP contribution in [0, 0.1) is 0 Å². The Morgan fingerprint density at radius 2 is 1.80 bits per heavy atom. The van der Waals surface area contributed by atoms with Gasteiger partial charge in [-0.25, -0.2) is 10.9 Å². The Morgan fingerprint density at radius 3 is 2.00 bits per heavy atom. The fourth-order valence-electron chi connectivity index (χ4n) is 0.718. The van der Waals surface area contributed by atoms with Crippen LogP contribution in [-0.4, -0.2) is 18.5 Å². The second-order valence-electron chi connectivity index (χ2n) is 2.15. The monoisotopic (exact) mass is 155 g/mol. The Morgan fingerprint density at radius 1 is 1.20 bits per heavy atom. The zero-order valence-corrected chi connectivity index (χ0v) is 5.29. The van der Waals surface area contributed by atoms with E-state index in [0.29, 0.717) is 0 Å². The summed E-state index contributed by atoms with van der Waals surface area (Å²) in [5, 5.41) is 2.25. The molecule has 0 spiro atoms. The van der Waals surface area contributed by atoms with Crippen LogP contribution in [0.4, 0.5) is 13.2 Å². The van der Waals surface area contributed by atoms with Crippen molar-refractivity contribution >= 4 is 0 Å². The minimum Gasteiger partial charge on any atom is -0.277 e. The van der Waals surface area contributed by atoms with Crippen molar-refractivity contribution in [2.45, 2.75) is 25.4 Å². The van der Waals surface area contributed by atoms with Crippen LogP contribution in [0.1, 0.15) is 6.92 Å². The molecule has 1 saturated heterocycles. The number of hydrogen-bond donors (Lipinski definition) is 3. The molecule has 1 aliphatic rings. The molecule has 0 bridgehead atoms. The maximum atomic E-state index is 11.8. The van der Waals surface area contributed by atoms with Crippen LogP contribution in [0.25, 0.3) is 0 Å². The lowest BCUT2D eigenvalue weighted by atomic mass is 10.5. The quantitative estimate of drug-likeness (QED) is 0.458. The average molecular weight is 155 g/mol. The third-order valence-corrected chi connectivity index (χ3v) is 1.19. The van der Waals surface area contributed by atoms with E-state index >= 15 is 0 Å². The summed E-state index contributed by atoms with van der Waals surface area (Å²) in [6.45, 7) is 1.60. The van der Waals surface area contributed by atoms with Gasteiger partial charge in [0.25, 0.3) is 0 Å². The number of alkyl halides is 3. The third-order valence-electron chi connectivity index (χ3n) is 1.19. The SMILES string of the molecule is CC1NNC(C(F)(F)F)N1. The largest absolute Gasteiger partial charge is 0.418 e. The number of rotatable bonds is 0. The Kier molecular flexibility index (Phi) is 1.84. The van der Waals surface area contributed by atoms with Crippen LogP contribution in [0.3, 0.4) is 0 Å². The van der Waals surface area contributed by atoms with E-state index < -0.39 is 12.3 Å². The van der Waals surface area contributed by atoms with E-state index in [1.807, 2.05) is 0 Å². The molecule has 2 atom stereocenters. The summed E-state index contributed by atoms with van der Waals surface area (Å²) in [5.74, 6) is 0. The van der Waals surface area contributed by atoms with E-state index in [1.165, 1.54) is 0 Å². The molecule has 1 fully saturated rings. The number of hydrazine groups is 1. The van der Waals surface area contributed by atoms with E-state index in [2.05, 4.69) is 16.2 Å². The zero-order valence-electron chi connectivity index (χ0n) is 5.29. The molecule has 0 saturated carbocycles. The highest BCUT2D eigenvalue weighted by Gasteiger charge is 2.42. The van der Waals surface area contributed by atoms with Crippen molar-refractivity contribution in [3.05, 3.63) is 0 Å². The topological polar surface area (TPSA) is 36.1 Å². The first kappa shape index (κ1) is 7.77. The first-order valence-corrected chi connectivity index (χ1v) is 2.84. The fourth-order valence-corrected chi connectivity index (χ4v) is 0.718. The lowest BCUT2D eigenvalue weighted by Crippen LogP contribution is -2.46. The molecule has 1 heterocycles. The zero-order chi connectivity index (χ0) is 7.78. The summed E-state index contributed by atoms with van der Waals surface area (Å²) in [6.07, 6.45) is -6.19. The van der Waals surface area contributed by atoms with Gasteiger partial charge in [0.2, 0.25) is 0 Å². The van der Waals surface area contributed by atoms with Crippen LogP contribution in [0.2, 0.25) is 0 Å². The standard InChI is InChI=1S/C4H8F3N3/c1-2-8-3(10-9-2)4(5,6)7/h2-3,8-10H,1H3. The summed E-state index contributed by atoms with van der Waals surface area (Å²) in [4.78, 5) is 0. The molecule has 0 amide bonds. The van der Waals surface area contributed by atoms with Crippen LogP contribution < -0.4 is 16.2 Å². The van der Waals surface area contributed by atoms with Gasteiger partial charge >= 0.3 is 6.18 Å². The van der Waals surface area contributed by atoms with Gasteiger partial charge in [-0.05, 0) is 6.92 Å². The molecule has 0 aliphatic carbocycles. The minimum atomic E-state index is -4.22. The van der Waals surface area contributed by atoms with Gasteiger partial charge in [0.15, 0.2) is 6.17 Å². The van der Waals surface area contributed by atoms with Crippen molar-refractivity contribution in [1.82, 2.24) is 16.2 Å². The van der Waals surface area contributed by atoms with E-state index in [1.54, 1.807) is 6.92 Å². The Balaban J connectivity index is 2.45. The summed E-state index contributed by atoms with van der Waals surface area (Å²) >= 11 is 0. The molecule has 0 aromatic rings. The molecule has 1 rings (SSSR count). The molecule has 0 aromatic heterocycles. The molecule has 6 heteroatoms. The Hall–Kier alpha value is -0.330. The van der Waals surface area contributed by atoms with Crippen molar-refractivity contribution in [3.63, 3.8) is 0 Å². The van der Waals surface area contributed by atoms with Crippen molar-refractivity contribution in [2.24, 2.45) is 0 Å². The highest BCUT2D eigenvalue weighted by molar-refractivity contribution is 4.78. The van der Waals surface area contributed by atoms with Crippen molar-refractivity contribution in [2.75, 3.05) is 0 Å². The van der Waals surface area contributed by atoms with Gasteiger partial charge < -0.3 is 0 Å². The number of halogens is 3. The van der Waals surface area contributed by atoms with E-state index in [-0.39, 0.29) is 6.17 Å². The normalized spacial score (nSPS) is 34.8. The molecular weight excluding hydrogens is 147 g/mol. The van der Waals surface area contributed by atoms with Gasteiger partial charge in [0.05, 0.1) is 6.17 Å². The van der Waals surface area contributed by atoms with Gasteiger partial charge in [-0.15, -0.1) is 0 Å². The van der Waals surface area contributed by atoms with Crippen molar-refractivity contribution in [1.29, 1.82) is 0 Å². The molecule has 10 heavy (non-hydrogen) atoms. The second kappa shape index (κ2) is 2.37. The predicted octanol–water partition coefficient (Wildman–Crippen LogP) is -0.0818. The first-order chi connectivity index (χ1) is 4.50. The van der Waals surface area contributed by atoms with Gasteiger partial charge in [0, 0.05) is 0 Å². The van der Waals surface area contributed by atoms with Crippen molar-refractivity contribution < 1.29 is 13.2 Å². The van der Waals surface area contributed by atoms with Gasteiger partial charge in [-0.3, -0.25) is 5.32 Å². The van der Waals surface area contributed by atoms with Crippen LogP contribution in [0.15, 0.2) is 0 Å².